The Hall–Kier alpha value is -4.12. The number of para-hydroxylation sites is 1. The second kappa shape index (κ2) is 14.3. The highest BCUT2D eigenvalue weighted by molar-refractivity contribution is 6.72. The van der Waals surface area contributed by atoms with Crippen LogP contribution in [0.4, 0.5) is 9.80 Å². The van der Waals surface area contributed by atoms with Crippen LogP contribution in [0.1, 0.15) is 48.1 Å². The van der Waals surface area contributed by atoms with E-state index in [4.69, 9.17) is 4.74 Å². The fourth-order valence-corrected chi connectivity index (χ4v) is 9.91. The van der Waals surface area contributed by atoms with Gasteiger partial charge in [-0.25, -0.2) is 0 Å². The number of carbonyl (C=O) groups excluding carboxylic acids is 1. The van der Waals surface area contributed by atoms with Gasteiger partial charge in [-0.3, -0.25) is 9.48 Å². The van der Waals surface area contributed by atoms with Crippen molar-refractivity contribution in [1.29, 1.82) is 0 Å². The molecule has 0 bridgehead atoms. The molecule has 5 atom stereocenters. The molecular weight excluding hydrogens is 610 g/mol. The third kappa shape index (κ3) is 7.72. The molecule has 8 nitrogen and oxygen atoms in total. The van der Waals surface area contributed by atoms with Crippen LogP contribution in [0.15, 0.2) is 91.3 Å². The molecule has 6 rings (SSSR count). The summed E-state index contributed by atoms with van der Waals surface area (Å²) in [7, 11) is -3.03. The Bertz CT molecular complexity index is 1790. The third-order valence-corrected chi connectivity index (χ3v) is 12.1. The van der Waals surface area contributed by atoms with Crippen molar-refractivity contribution in [2.24, 2.45) is 5.92 Å². The molecule has 3 N–H and O–H groups in total. The molecule has 1 unspecified atom stereocenters. The van der Waals surface area contributed by atoms with E-state index in [1.165, 1.54) is 0 Å². The molecule has 1 aliphatic rings. The molecule has 0 radical (unpaired) electrons. The van der Waals surface area contributed by atoms with Gasteiger partial charge in [0.05, 0.1) is 36.8 Å². The summed E-state index contributed by atoms with van der Waals surface area (Å²) in [5, 5.41) is 22.8. The Balaban J connectivity index is 1.05. The number of halogens is 1. The second-order valence-electron chi connectivity index (χ2n) is 13.3. The largest absolute Gasteiger partial charge is 0.395 e. The second-order valence-corrected chi connectivity index (χ2v) is 17.1. The van der Waals surface area contributed by atoms with E-state index in [-0.39, 0.29) is 48.5 Å². The number of aromatic nitrogens is 4. The fourth-order valence-electron chi connectivity index (χ4n) is 7.32. The highest BCUT2D eigenvalue weighted by atomic mass is 28.4. The molecule has 246 valence electrons. The highest BCUT2D eigenvalue weighted by Gasteiger charge is 2.50. The fraction of sp³-hybridized carbons (Fsp3) is 0.378. The first-order valence-corrected chi connectivity index (χ1v) is 19.5. The van der Waals surface area contributed by atoms with Crippen molar-refractivity contribution in [1.82, 2.24) is 20.0 Å². The van der Waals surface area contributed by atoms with Gasteiger partial charge in [-0.15, -0.1) is 5.10 Å². The molecule has 3 heterocycles. The monoisotopic (exact) mass is 653 g/mol. The van der Waals surface area contributed by atoms with E-state index in [1.54, 1.807) is 17.8 Å². The van der Waals surface area contributed by atoms with E-state index in [2.05, 4.69) is 33.6 Å². The van der Waals surface area contributed by atoms with Crippen molar-refractivity contribution in [2.75, 3.05) is 11.9 Å². The van der Waals surface area contributed by atoms with Gasteiger partial charge in [0, 0.05) is 41.1 Å². The SMILES string of the molecule is C[C@@H]1[C@@H]([Si](C)(C)F)[C@H](CCn2cc(C(CO)c3ccccc3)nn2)O[C@@H]1CCc1cccc(NC(=O)Cc2c[nH]c3ccccc23)c1. The number of hydrogen-bond acceptors (Lipinski definition) is 5. The summed E-state index contributed by atoms with van der Waals surface area (Å²) in [5.41, 5.74) is 5.44. The highest BCUT2D eigenvalue weighted by Crippen LogP contribution is 2.47. The molecule has 0 aliphatic carbocycles. The van der Waals surface area contributed by atoms with Gasteiger partial charge in [0.2, 0.25) is 14.3 Å². The van der Waals surface area contributed by atoms with Crippen molar-refractivity contribution in [3.63, 3.8) is 0 Å². The lowest BCUT2D eigenvalue weighted by molar-refractivity contribution is -0.115. The van der Waals surface area contributed by atoms with Gasteiger partial charge in [-0.05, 0) is 73.2 Å². The standard InChI is InChI=1S/C37H44FN5O3Si/c1-25-34(17-16-26-10-9-13-29(20-26)40-36(45)21-28-22-39-32-15-8-7-14-30(28)32)46-35(37(25)47(2,3)38)18-19-43-23-33(41-42-43)31(24-44)27-11-5-4-6-12-27/h4-15,20,22-23,25,31,34-35,37,39,44H,16-19,21,24H2,1-3H3,(H,40,45)/t25-,31?,34+,35-,37+/m0/s1. The van der Waals surface area contributed by atoms with E-state index in [9.17, 15) is 9.90 Å². The molecule has 1 aliphatic heterocycles. The Morgan fingerprint density at radius 2 is 1.85 bits per heavy atom. The number of ether oxygens (including phenoxy) is 1. The van der Waals surface area contributed by atoms with Crippen LogP contribution in [-0.2, 0) is 28.9 Å². The number of amides is 1. The van der Waals surface area contributed by atoms with Crippen LogP contribution in [0.5, 0.6) is 0 Å². The third-order valence-electron chi connectivity index (χ3n) is 9.59. The van der Waals surface area contributed by atoms with Crippen LogP contribution in [0.25, 0.3) is 10.9 Å². The molecule has 5 aromatic rings. The maximum Gasteiger partial charge on any atom is 0.246 e. The van der Waals surface area contributed by atoms with Crippen LogP contribution >= 0.6 is 0 Å². The Kier molecular flexibility index (Phi) is 10.0. The van der Waals surface area contributed by atoms with Crippen LogP contribution in [-0.4, -0.2) is 58.2 Å². The topological polar surface area (TPSA) is 105 Å². The van der Waals surface area contributed by atoms with Crippen molar-refractivity contribution in [3.05, 3.63) is 114 Å². The lowest BCUT2D eigenvalue weighted by Crippen LogP contribution is -2.36. The molecule has 0 saturated carbocycles. The van der Waals surface area contributed by atoms with Crippen molar-refractivity contribution < 1.29 is 18.7 Å². The molecule has 0 spiro atoms. The number of H-pyrrole nitrogens is 1. The molecule has 3 aromatic carbocycles. The number of nitrogens with zero attached hydrogens (tertiary/aromatic N) is 3. The average molecular weight is 654 g/mol. The summed E-state index contributed by atoms with van der Waals surface area (Å²) in [6.45, 7) is 6.20. The Morgan fingerprint density at radius 1 is 1.06 bits per heavy atom. The van der Waals surface area contributed by atoms with E-state index >= 15 is 4.11 Å². The van der Waals surface area contributed by atoms with Crippen LogP contribution in [0, 0.1) is 5.92 Å². The van der Waals surface area contributed by atoms with Gasteiger partial charge in [0.1, 0.15) is 0 Å². The first kappa shape index (κ1) is 32.8. The van der Waals surface area contributed by atoms with Crippen LogP contribution < -0.4 is 5.32 Å². The predicted molar refractivity (Wildman–Crippen MR) is 186 cm³/mol. The quantitative estimate of drug-likeness (QED) is 0.0935. The van der Waals surface area contributed by atoms with E-state index < -0.39 is 8.41 Å². The first-order chi connectivity index (χ1) is 22.7. The number of anilines is 1. The normalized spacial score (nSPS) is 20.4. The molecular formula is C37H44FN5O3Si. The van der Waals surface area contributed by atoms with E-state index in [0.717, 1.165) is 46.1 Å². The Labute approximate surface area is 276 Å². The molecule has 1 fully saturated rings. The zero-order valence-corrected chi connectivity index (χ0v) is 28.3. The molecule has 1 amide bonds. The Morgan fingerprint density at radius 3 is 2.64 bits per heavy atom. The number of benzene rings is 3. The van der Waals surface area contributed by atoms with Crippen LogP contribution in [0.2, 0.25) is 18.6 Å². The molecule has 1 saturated heterocycles. The van der Waals surface area contributed by atoms with Crippen LogP contribution in [0.3, 0.4) is 0 Å². The number of aliphatic hydroxyl groups is 1. The number of aromatic amines is 1. The summed E-state index contributed by atoms with van der Waals surface area (Å²) in [5.74, 6) is -0.214. The van der Waals surface area contributed by atoms with Gasteiger partial charge in [-0.1, -0.05) is 72.8 Å². The smallest absolute Gasteiger partial charge is 0.246 e. The minimum Gasteiger partial charge on any atom is -0.395 e. The number of fused-ring (bicyclic) bond motifs is 1. The lowest BCUT2D eigenvalue weighted by Gasteiger charge is -2.28. The number of carbonyl (C=O) groups is 1. The van der Waals surface area contributed by atoms with Crippen molar-refractivity contribution in [2.45, 2.75) is 75.9 Å². The van der Waals surface area contributed by atoms with Gasteiger partial charge >= 0.3 is 0 Å². The van der Waals surface area contributed by atoms with Gasteiger partial charge in [0.15, 0.2) is 0 Å². The van der Waals surface area contributed by atoms with Crippen molar-refractivity contribution >= 4 is 30.9 Å². The van der Waals surface area contributed by atoms with Gasteiger partial charge in [0.25, 0.3) is 0 Å². The summed E-state index contributed by atoms with van der Waals surface area (Å²) in [6, 6.07) is 25.7. The molecule has 47 heavy (non-hydrogen) atoms. The first-order valence-electron chi connectivity index (χ1n) is 16.5. The molecule has 2 aromatic heterocycles. The number of aryl methyl sites for hydroxylation is 2. The number of aliphatic hydroxyl groups excluding tert-OH is 1. The summed E-state index contributed by atoms with van der Waals surface area (Å²) in [4.78, 5) is 16.1. The number of rotatable bonds is 13. The zero-order valence-electron chi connectivity index (χ0n) is 27.3. The summed E-state index contributed by atoms with van der Waals surface area (Å²) < 4.78 is 24.1. The maximum absolute atomic E-state index is 15.8. The maximum atomic E-state index is 15.8. The van der Waals surface area contributed by atoms with E-state index in [0.29, 0.717) is 18.7 Å². The number of nitrogens with one attached hydrogen (secondary N) is 2. The van der Waals surface area contributed by atoms with Gasteiger partial charge in [-0.2, -0.15) is 0 Å². The van der Waals surface area contributed by atoms with Gasteiger partial charge < -0.3 is 24.3 Å². The summed E-state index contributed by atoms with van der Waals surface area (Å²) >= 11 is 0. The predicted octanol–water partition coefficient (Wildman–Crippen LogP) is 7.04. The van der Waals surface area contributed by atoms with Crippen molar-refractivity contribution in [3.8, 4) is 0 Å². The molecule has 10 heteroatoms. The lowest BCUT2D eigenvalue weighted by atomic mass is 9.95. The van der Waals surface area contributed by atoms with E-state index in [1.807, 2.05) is 85.2 Å². The number of hydrogen-bond donors (Lipinski definition) is 3. The zero-order chi connectivity index (χ0) is 33.0. The minimum absolute atomic E-state index is 0.0579. The minimum atomic E-state index is -3.03. The average Bonchev–Trinajstić information content (AvgIpc) is 3.77. The summed E-state index contributed by atoms with van der Waals surface area (Å²) in [6.07, 6.45) is 5.98.